The second kappa shape index (κ2) is 8.06. The van der Waals surface area contributed by atoms with Crippen molar-refractivity contribution in [2.24, 2.45) is 0 Å². The average Bonchev–Trinajstić information content (AvgIpc) is 3.02. The van der Waals surface area contributed by atoms with Gasteiger partial charge in [0.2, 0.25) is 10.0 Å². The molecule has 11 heteroatoms. The number of aliphatic hydroxyl groups is 1. The quantitative estimate of drug-likeness (QED) is 0.602. The van der Waals surface area contributed by atoms with Gasteiger partial charge in [-0.3, -0.25) is 4.79 Å². The van der Waals surface area contributed by atoms with Gasteiger partial charge in [-0.1, -0.05) is 0 Å². The number of imidazole rings is 1. The number of aliphatic hydroxyl groups excluding tert-OH is 1. The summed E-state index contributed by atoms with van der Waals surface area (Å²) in [6.45, 7) is 6.15. The monoisotopic (exact) mass is 447 g/mol. The summed E-state index contributed by atoms with van der Waals surface area (Å²) < 4.78 is 34.9. The van der Waals surface area contributed by atoms with Gasteiger partial charge < -0.3 is 14.8 Å². The molecule has 0 aliphatic carbocycles. The molecule has 31 heavy (non-hydrogen) atoms. The summed E-state index contributed by atoms with van der Waals surface area (Å²) in [4.78, 5) is 19.8. The third-order valence-electron chi connectivity index (χ3n) is 5.40. The van der Waals surface area contributed by atoms with Gasteiger partial charge in [0.1, 0.15) is 11.6 Å². The third-order valence-corrected chi connectivity index (χ3v) is 7.30. The first-order chi connectivity index (χ1) is 14.7. The summed E-state index contributed by atoms with van der Waals surface area (Å²) in [5.74, 6) is 1.15. The van der Waals surface area contributed by atoms with Gasteiger partial charge in [0, 0.05) is 13.1 Å². The van der Waals surface area contributed by atoms with E-state index in [2.05, 4.69) is 15.1 Å². The molecule has 0 amide bonds. The molecule has 166 valence electrons. The molecule has 0 unspecified atom stereocenters. The molecule has 1 fully saturated rings. The van der Waals surface area contributed by atoms with Crippen LogP contribution < -0.4 is 10.3 Å². The molecular formula is C20H25N5O5S. The first-order valence-electron chi connectivity index (χ1n) is 10.1. The molecule has 1 aromatic carbocycles. The Hall–Kier alpha value is -2.76. The van der Waals surface area contributed by atoms with Crippen molar-refractivity contribution < 1.29 is 18.3 Å². The number of rotatable bonds is 5. The molecule has 3 heterocycles. The third kappa shape index (κ3) is 3.84. The van der Waals surface area contributed by atoms with Crippen molar-refractivity contribution in [2.45, 2.75) is 44.6 Å². The summed E-state index contributed by atoms with van der Waals surface area (Å²) in [5.41, 5.74) is 0.898. The molecule has 1 saturated heterocycles. The van der Waals surface area contributed by atoms with E-state index in [1.807, 2.05) is 6.92 Å². The van der Waals surface area contributed by atoms with Crippen LogP contribution in [0.4, 0.5) is 0 Å². The highest BCUT2D eigenvalue weighted by molar-refractivity contribution is 7.89. The molecule has 0 bridgehead atoms. The maximum Gasteiger partial charge on any atom is 0.277 e. The number of hydrogen-bond donors (Lipinski definition) is 2. The van der Waals surface area contributed by atoms with E-state index in [0.29, 0.717) is 47.8 Å². The van der Waals surface area contributed by atoms with Crippen LogP contribution >= 0.6 is 0 Å². The molecule has 2 aromatic heterocycles. The second-order valence-corrected chi connectivity index (χ2v) is 9.47. The zero-order valence-electron chi connectivity index (χ0n) is 17.6. The highest BCUT2D eigenvalue weighted by atomic mass is 32.2. The SMILES string of the molecule is CCOc1ccc(S(=O)(=O)N2CCC(O)CC2)cc1-c1nn2c(C)nc(C)c2c(=O)[nH]1. The van der Waals surface area contributed by atoms with Crippen LogP contribution in [0.25, 0.3) is 16.9 Å². The Balaban J connectivity index is 1.85. The van der Waals surface area contributed by atoms with Crippen LogP contribution in [0.15, 0.2) is 27.9 Å². The van der Waals surface area contributed by atoms with Crippen LogP contribution in [-0.4, -0.2) is 63.2 Å². The van der Waals surface area contributed by atoms with E-state index in [1.165, 1.54) is 21.0 Å². The van der Waals surface area contributed by atoms with Gasteiger partial charge in [0.25, 0.3) is 5.56 Å². The summed E-state index contributed by atoms with van der Waals surface area (Å²) in [6, 6.07) is 4.52. The van der Waals surface area contributed by atoms with Crippen molar-refractivity contribution in [3.05, 3.63) is 40.1 Å². The largest absolute Gasteiger partial charge is 0.493 e. The molecule has 2 N–H and O–H groups in total. The number of piperidine rings is 1. The van der Waals surface area contributed by atoms with Gasteiger partial charge in [-0.25, -0.2) is 17.9 Å². The topological polar surface area (TPSA) is 130 Å². The summed E-state index contributed by atoms with van der Waals surface area (Å²) in [7, 11) is -3.78. The van der Waals surface area contributed by atoms with Gasteiger partial charge in [0.15, 0.2) is 11.3 Å². The number of aryl methyl sites for hydroxylation is 2. The maximum absolute atomic E-state index is 13.2. The number of nitrogens with zero attached hydrogens (tertiary/aromatic N) is 4. The van der Waals surface area contributed by atoms with Crippen LogP contribution in [0.5, 0.6) is 5.75 Å². The van der Waals surface area contributed by atoms with Crippen LogP contribution in [0.3, 0.4) is 0 Å². The molecule has 3 aromatic rings. The number of nitrogens with one attached hydrogen (secondary N) is 1. The lowest BCUT2D eigenvalue weighted by Crippen LogP contribution is -2.40. The Morgan fingerprint density at radius 3 is 2.65 bits per heavy atom. The molecule has 0 saturated carbocycles. The molecule has 0 atom stereocenters. The van der Waals surface area contributed by atoms with E-state index in [0.717, 1.165) is 0 Å². The first-order valence-corrected chi connectivity index (χ1v) is 11.6. The molecule has 0 spiro atoms. The predicted octanol–water partition coefficient (Wildman–Crippen LogP) is 1.25. The van der Waals surface area contributed by atoms with Crippen molar-refractivity contribution in [3.63, 3.8) is 0 Å². The van der Waals surface area contributed by atoms with E-state index in [-0.39, 0.29) is 29.4 Å². The minimum atomic E-state index is -3.78. The molecule has 4 rings (SSSR count). The summed E-state index contributed by atoms with van der Waals surface area (Å²) >= 11 is 0. The van der Waals surface area contributed by atoms with E-state index in [4.69, 9.17) is 4.74 Å². The Morgan fingerprint density at radius 2 is 1.97 bits per heavy atom. The van der Waals surface area contributed by atoms with Crippen molar-refractivity contribution in [1.29, 1.82) is 0 Å². The van der Waals surface area contributed by atoms with Crippen LogP contribution in [0.1, 0.15) is 31.3 Å². The fraction of sp³-hybridized carbons (Fsp3) is 0.450. The lowest BCUT2D eigenvalue weighted by molar-refractivity contribution is 0.113. The number of H-pyrrole nitrogens is 1. The number of ether oxygens (including phenoxy) is 1. The molecule has 0 radical (unpaired) electrons. The standard InChI is InChI=1S/C20H25N5O5S/c1-4-30-17-6-5-15(31(28,29)24-9-7-14(26)8-10-24)11-16(17)19-22-20(27)18-12(2)21-13(3)25(18)23-19/h5-6,11,14,26H,4,7-10H2,1-3H3,(H,22,23,27). The van der Waals surface area contributed by atoms with E-state index < -0.39 is 16.1 Å². The average molecular weight is 448 g/mol. The molecule has 10 nitrogen and oxygen atoms in total. The normalized spacial score (nSPS) is 16.1. The highest BCUT2D eigenvalue weighted by Crippen LogP contribution is 2.32. The first kappa shape index (κ1) is 21.5. The number of sulfonamides is 1. The zero-order chi connectivity index (χ0) is 22.3. The summed E-state index contributed by atoms with van der Waals surface area (Å²) in [5, 5.41) is 14.2. The van der Waals surface area contributed by atoms with E-state index >= 15 is 0 Å². The number of aromatic nitrogens is 4. The van der Waals surface area contributed by atoms with Gasteiger partial charge in [-0.05, 0) is 51.8 Å². The van der Waals surface area contributed by atoms with Crippen LogP contribution in [0, 0.1) is 13.8 Å². The molecule has 1 aliphatic heterocycles. The van der Waals surface area contributed by atoms with Crippen molar-refractivity contribution in [3.8, 4) is 17.1 Å². The summed E-state index contributed by atoms with van der Waals surface area (Å²) in [6.07, 6.45) is 0.312. The van der Waals surface area contributed by atoms with E-state index in [9.17, 15) is 18.3 Å². The number of benzene rings is 1. The minimum absolute atomic E-state index is 0.0728. The van der Waals surface area contributed by atoms with Gasteiger partial charge in [0.05, 0.1) is 28.9 Å². The fourth-order valence-corrected chi connectivity index (χ4v) is 5.32. The van der Waals surface area contributed by atoms with Crippen LogP contribution in [0.2, 0.25) is 0 Å². The zero-order valence-corrected chi connectivity index (χ0v) is 18.4. The maximum atomic E-state index is 13.2. The Morgan fingerprint density at radius 1 is 1.26 bits per heavy atom. The predicted molar refractivity (Wildman–Crippen MR) is 114 cm³/mol. The Kier molecular flexibility index (Phi) is 5.58. The fourth-order valence-electron chi connectivity index (χ4n) is 3.82. The molecular weight excluding hydrogens is 422 g/mol. The van der Waals surface area contributed by atoms with Gasteiger partial charge in [-0.15, -0.1) is 5.10 Å². The molecule has 1 aliphatic rings. The lowest BCUT2D eigenvalue weighted by Gasteiger charge is -2.29. The van der Waals surface area contributed by atoms with E-state index in [1.54, 1.807) is 19.9 Å². The van der Waals surface area contributed by atoms with Gasteiger partial charge in [-0.2, -0.15) is 4.31 Å². The van der Waals surface area contributed by atoms with Crippen LogP contribution in [-0.2, 0) is 10.0 Å². The highest BCUT2D eigenvalue weighted by Gasteiger charge is 2.29. The number of hydrogen-bond acceptors (Lipinski definition) is 7. The lowest BCUT2D eigenvalue weighted by atomic mass is 10.1. The number of aromatic amines is 1. The Labute approximate surface area is 179 Å². The second-order valence-electron chi connectivity index (χ2n) is 7.53. The number of fused-ring (bicyclic) bond motifs is 1. The smallest absolute Gasteiger partial charge is 0.277 e. The minimum Gasteiger partial charge on any atom is -0.493 e. The van der Waals surface area contributed by atoms with Crippen molar-refractivity contribution >= 4 is 15.5 Å². The van der Waals surface area contributed by atoms with Crippen molar-refractivity contribution in [1.82, 2.24) is 23.9 Å². The Bertz CT molecular complexity index is 1290. The van der Waals surface area contributed by atoms with Crippen molar-refractivity contribution in [2.75, 3.05) is 19.7 Å². The van der Waals surface area contributed by atoms with Gasteiger partial charge >= 0.3 is 0 Å².